The minimum Gasteiger partial charge on any atom is -0.478 e. The van der Waals surface area contributed by atoms with Crippen molar-refractivity contribution in [3.63, 3.8) is 0 Å². The standard InChI is InChI=1S/C19H16O4/c1-11(2)12-7-8-15-16(20)10-18(23-17(15)9-12)13-5-3-4-6-14(13)19(21)22/h3-11H,1-2H3,(H,21,22). The van der Waals surface area contributed by atoms with Gasteiger partial charge in [-0.1, -0.05) is 38.1 Å². The number of rotatable bonds is 3. The number of hydrogen-bond donors (Lipinski definition) is 1. The zero-order valence-electron chi connectivity index (χ0n) is 12.9. The summed E-state index contributed by atoms with van der Waals surface area (Å²) >= 11 is 0. The lowest BCUT2D eigenvalue weighted by atomic mass is 10.0. The highest BCUT2D eigenvalue weighted by Crippen LogP contribution is 2.27. The number of carboxylic acid groups (broad SMARTS) is 1. The van der Waals surface area contributed by atoms with Gasteiger partial charge in [0.05, 0.1) is 10.9 Å². The highest BCUT2D eigenvalue weighted by Gasteiger charge is 2.15. The van der Waals surface area contributed by atoms with Crippen LogP contribution < -0.4 is 5.43 Å². The summed E-state index contributed by atoms with van der Waals surface area (Å²) in [6, 6.07) is 13.3. The van der Waals surface area contributed by atoms with Crippen molar-refractivity contribution in [2.75, 3.05) is 0 Å². The Morgan fingerprint density at radius 2 is 1.83 bits per heavy atom. The van der Waals surface area contributed by atoms with Crippen LogP contribution >= 0.6 is 0 Å². The Morgan fingerprint density at radius 1 is 1.09 bits per heavy atom. The normalized spacial score (nSPS) is 11.1. The quantitative estimate of drug-likeness (QED) is 0.784. The van der Waals surface area contributed by atoms with Crippen LogP contribution in [0.15, 0.2) is 57.7 Å². The summed E-state index contributed by atoms with van der Waals surface area (Å²) in [6.07, 6.45) is 0. The average Bonchev–Trinajstić information content (AvgIpc) is 2.54. The molecule has 3 aromatic rings. The molecule has 0 radical (unpaired) electrons. The molecule has 0 saturated carbocycles. The summed E-state index contributed by atoms with van der Waals surface area (Å²) in [7, 11) is 0. The third-order valence-corrected chi connectivity index (χ3v) is 3.84. The molecule has 0 amide bonds. The lowest BCUT2D eigenvalue weighted by molar-refractivity contribution is 0.0697. The topological polar surface area (TPSA) is 67.5 Å². The van der Waals surface area contributed by atoms with Crippen LogP contribution in [0, 0.1) is 0 Å². The van der Waals surface area contributed by atoms with Crippen molar-refractivity contribution in [3.8, 4) is 11.3 Å². The predicted molar refractivity (Wildman–Crippen MR) is 89.0 cm³/mol. The zero-order valence-corrected chi connectivity index (χ0v) is 12.9. The van der Waals surface area contributed by atoms with E-state index in [1.807, 2.05) is 12.1 Å². The highest BCUT2D eigenvalue weighted by molar-refractivity contribution is 5.95. The van der Waals surface area contributed by atoms with Gasteiger partial charge >= 0.3 is 5.97 Å². The zero-order chi connectivity index (χ0) is 16.6. The van der Waals surface area contributed by atoms with E-state index in [9.17, 15) is 14.7 Å². The predicted octanol–water partition coefficient (Wildman–Crippen LogP) is 4.28. The van der Waals surface area contributed by atoms with Gasteiger partial charge in [-0.25, -0.2) is 4.79 Å². The molecule has 0 saturated heterocycles. The van der Waals surface area contributed by atoms with Crippen LogP contribution in [0.3, 0.4) is 0 Å². The van der Waals surface area contributed by atoms with E-state index in [-0.39, 0.29) is 16.8 Å². The fourth-order valence-corrected chi connectivity index (χ4v) is 2.55. The van der Waals surface area contributed by atoms with Gasteiger partial charge in [-0.2, -0.15) is 0 Å². The molecule has 23 heavy (non-hydrogen) atoms. The molecule has 0 bridgehead atoms. The van der Waals surface area contributed by atoms with Crippen LogP contribution in [-0.4, -0.2) is 11.1 Å². The lowest BCUT2D eigenvalue weighted by Crippen LogP contribution is -2.04. The number of carbonyl (C=O) groups is 1. The van der Waals surface area contributed by atoms with Crippen LogP contribution in [-0.2, 0) is 0 Å². The van der Waals surface area contributed by atoms with E-state index in [1.165, 1.54) is 12.1 Å². The van der Waals surface area contributed by atoms with Gasteiger partial charge in [0.15, 0.2) is 5.43 Å². The monoisotopic (exact) mass is 308 g/mol. The first kappa shape index (κ1) is 15.0. The number of carboxylic acids is 1. The molecule has 4 heteroatoms. The van der Waals surface area contributed by atoms with Gasteiger partial charge in [0.1, 0.15) is 11.3 Å². The van der Waals surface area contributed by atoms with E-state index in [4.69, 9.17) is 4.42 Å². The Bertz CT molecular complexity index is 951. The van der Waals surface area contributed by atoms with Crippen molar-refractivity contribution < 1.29 is 14.3 Å². The molecule has 1 heterocycles. The Balaban J connectivity index is 2.27. The molecule has 0 unspecified atom stereocenters. The van der Waals surface area contributed by atoms with Crippen LogP contribution in [0.25, 0.3) is 22.3 Å². The second-order valence-corrected chi connectivity index (χ2v) is 5.74. The Labute approximate surface area is 133 Å². The van der Waals surface area contributed by atoms with Crippen molar-refractivity contribution >= 4 is 16.9 Å². The number of fused-ring (bicyclic) bond motifs is 1. The van der Waals surface area contributed by atoms with E-state index in [0.717, 1.165) is 5.56 Å². The van der Waals surface area contributed by atoms with Crippen molar-refractivity contribution in [1.29, 1.82) is 0 Å². The van der Waals surface area contributed by atoms with Crippen LogP contribution in [0.5, 0.6) is 0 Å². The van der Waals surface area contributed by atoms with Gasteiger partial charge in [0.2, 0.25) is 0 Å². The summed E-state index contributed by atoms with van der Waals surface area (Å²) in [4.78, 5) is 23.7. The van der Waals surface area contributed by atoms with Gasteiger partial charge in [0.25, 0.3) is 0 Å². The number of hydrogen-bond acceptors (Lipinski definition) is 3. The third-order valence-electron chi connectivity index (χ3n) is 3.84. The second kappa shape index (κ2) is 5.72. The molecule has 0 spiro atoms. The van der Waals surface area contributed by atoms with Gasteiger partial charge < -0.3 is 9.52 Å². The Hall–Kier alpha value is -2.88. The van der Waals surface area contributed by atoms with E-state index in [0.29, 0.717) is 22.5 Å². The van der Waals surface area contributed by atoms with Crippen LogP contribution in [0.4, 0.5) is 0 Å². The van der Waals surface area contributed by atoms with Crippen molar-refractivity contribution in [3.05, 3.63) is 69.9 Å². The van der Waals surface area contributed by atoms with Crippen molar-refractivity contribution in [1.82, 2.24) is 0 Å². The van der Waals surface area contributed by atoms with Gasteiger partial charge in [-0.15, -0.1) is 0 Å². The summed E-state index contributed by atoms with van der Waals surface area (Å²) < 4.78 is 5.85. The minimum absolute atomic E-state index is 0.106. The number of aromatic carboxylic acids is 1. The third kappa shape index (κ3) is 2.75. The highest BCUT2D eigenvalue weighted by atomic mass is 16.4. The SMILES string of the molecule is CC(C)c1ccc2c(=O)cc(-c3ccccc3C(=O)O)oc2c1. The summed E-state index contributed by atoms with van der Waals surface area (Å²) in [5, 5.41) is 9.80. The summed E-state index contributed by atoms with van der Waals surface area (Å²) in [5.74, 6) is -0.486. The largest absolute Gasteiger partial charge is 0.478 e. The maximum absolute atomic E-state index is 12.3. The second-order valence-electron chi connectivity index (χ2n) is 5.74. The van der Waals surface area contributed by atoms with Crippen molar-refractivity contribution in [2.24, 2.45) is 0 Å². The lowest BCUT2D eigenvalue weighted by Gasteiger charge is -2.09. The molecule has 1 N–H and O–H groups in total. The first-order valence-corrected chi connectivity index (χ1v) is 7.38. The molecule has 116 valence electrons. The Morgan fingerprint density at radius 3 is 2.52 bits per heavy atom. The molecule has 0 aliphatic heterocycles. The molecule has 1 aromatic heterocycles. The van der Waals surface area contributed by atoms with E-state index < -0.39 is 5.97 Å². The Kier molecular flexibility index (Phi) is 3.74. The first-order chi connectivity index (χ1) is 11.0. The fraction of sp³-hybridized carbons (Fsp3) is 0.158. The summed E-state index contributed by atoms with van der Waals surface area (Å²) in [5.41, 5.74) is 1.85. The van der Waals surface area contributed by atoms with E-state index in [1.54, 1.807) is 24.3 Å². The molecule has 2 aromatic carbocycles. The molecule has 0 aliphatic carbocycles. The molecular formula is C19H16O4. The van der Waals surface area contributed by atoms with E-state index in [2.05, 4.69) is 13.8 Å². The maximum Gasteiger partial charge on any atom is 0.336 e. The summed E-state index contributed by atoms with van der Waals surface area (Å²) in [6.45, 7) is 4.12. The maximum atomic E-state index is 12.3. The average molecular weight is 308 g/mol. The van der Waals surface area contributed by atoms with Crippen LogP contribution in [0.1, 0.15) is 35.7 Å². The van der Waals surface area contributed by atoms with Gasteiger partial charge in [-0.05, 0) is 29.7 Å². The fourth-order valence-electron chi connectivity index (χ4n) is 2.55. The van der Waals surface area contributed by atoms with Crippen LogP contribution in [0.2, 0.25) is 0 Å². The first-order valence-electron chi connectivity index (χ1n) is 7.38. The molecule has 0 atom stereocenters. The smallest absolute Gasteiger partial charge is 0.336 e. The van der Waals surface area contributed by atoms with Gasteiger partial charge in [-0.3, -0.25) is 4.79 Å². The molecule has 3 rings (SSSR count). The molecule has 0 aliphatic rings. The molecule has 0 fully saturated rings. The number of benzene rings is 2. The molecule has 4 nitrogen and oxygen atoms in total. The van der Waals surface area contributed by atoms with E-state index >= 15 is 0 Å². The minimum atomic E-state index is -1.06. The van der Waals surface area contributed by atoms with Gasteiger partial charge in [0, 0.05) is 11.6 Å². The van der Waals surface area contributed by atoms with Crippen molar-refractivity contribution in [2.45, 2.75) is 19.8 Å². The molecular weight excluding hydrogens is 292 g/mol.